The van der Waals surface area contributed by atoms with E-state index in [-0.39, 0.29) is 24.7 Å². The van der Waals surface area contributed by atoms with Gasteiger partial charge in [-0.05, 0) is 63.6 Å². The van der Waals surface area contributed by atoms with E-state index in [0.29, 0.717) is 15.6 Å². The molecular formula is C24H26Cl2N4O2S. The summed E-state index contributed by atoms with van der Waals surface area (Å²) >= 11 is 13.8. The second-order valence-electron chi connectivity index (χ2n) is 8.38. The first-order valence-electron chi connectivity index (χ1n) is 10.8. The normalized spacial score (nSPS) is 18.4. The van der Waals surface area contributed by atoms with Crippen LogP contribution in [0.3, 0.4) is 0 Å². The van der Waals surface area contributed by atoms with Crippen molar-refractivity contribution in [1.29, 1.82) is 0 Å². The summed E-state index contributed by atoms with van der Waals surface area (Å²) in [5.41, 5.74) is 4.12. The number of hydrogen-bond donors (Lipinski definition) is 1. The number of carbonyl (C=O) groups excluding carboxylic acids is 1. The fourth-order valence-corrected chi connectivity index (χ4v) is 5.63. The highest BCUT2D eigenvalue weighted by atomic mass is 35.5. The van der Waals surface area contributed by atoms with Crippen molar-refractivity contribution in [3.8, 4) is 10.4 Å². The van der Waals surface area contributed by atoms with Gasteiger partial charge < -0.3 is 15.0 Å². The maximum Gasteiger partial charge on any atom is 0.253 e. The minimum Gasteiger partial charge on any atom is -0.372 e. The smallest absolute Gasteiger partial charge is 0.253 e. The lowest BCUT2D eigenvalue weighted by molar-refractivity contribution is -0.00523. The van der Waals surface area contributed by atoms with E-state index in [4.69, 9.17) is 32.9 Å². The highest BCUT2D eigenvalue weighted by Gasteiger charge is 2.26. The van der Waals surface area contributed by atoms with E-state index >= 15 is 0 Å². The Morgan fingerprint density at radius 3 is 2.42 bits per heavy atom. The average molecular weight is 505 g/mol. The Morgan fingerprint density at radius 2 is 1.79 bits per heavy atom. The van der Waals surface area contributed by atoms with Crippen LogP contribution in [0, 0.1) is 13.8 Å². The maximum absolute atomic E-state index is 12.8. The van der Waals surface area contributed by atoms with Gasteiger partial charge in [0.1, 0.15) is 0 Å². The Morgan fingerprint density at radius 1 is 1.12 bits per heavy atom. The van der Waals surface area contributed by atoms with E-state index in [1.54, 1.807) is 29.5 Å². The molecule has 2 aromatic heterocycles. The number of benzene rings is 1. The number of hydrogen-bond acceptors (Lipinski definition) is 6. The number of aromatic nitrogens is 2. The molecule has 1 N–H and O–H groups in total. The number of halogens is 2. The second kappa shape index (κ2) is 9.97. The molecular weight excluding hydrogens is 479 g/mol. The molecule has 1 saturated heterocycles. The molecule has 0 aliphatic carbocycles. The number of nitrogens with one attached hydrogen (secondary N) is 1. The zero-order chi connectivity index (χ0) is 23.7. The van der Waals surface area contributed by atoms with E-state index < -0.39 is 0 Å². The predicted octanol–water partition coefficient (Wildman–Crippen LogP) is 5.67. The Bertz CT molecular complexity index is 1150. The van der Waals surface area contributed by atoms with Crippen LogP contribution in [0.15, 0.2) is 30.3 Å². The van der Waals surface area contributed by atoms with Crippen LogP contribution in [0.1, 0.15) is 41.3 Å². The van der Waals surface area contributed by atoms with Gasteiger partial charge in [0.05, 0.1) is 39.9 Å². The van der Waals surface area contributed by atoms with Gasteiger partial charge in [-0.3, -0.25) is 9.78 Å². The molecule has 3 aromatic rings. The third kappa shape index (κ3) is 5.66. The second-order valence-corrected chi connectivity index (χ2v) is 10.2. The summed E-state index contributed by atoms with van der Waals surface area (Å²) in [6.45, 7) is 9.93. The number of aryl methyl sites for hydroxylation is 2. The Balaban J connectivity index is 1.65. The first-order valence-corrected chi connectivity index (χ1v) is 12.4. The third-order valence-electron chi connectivity index (χ3n) is 5.31. The molecule has 1 aliphatic heterocycles. The van der Waals surface area contributed by atoms with Crippen LogP contribution in [-0.2, 0) is 11.3 Å². The highest BCUT2D eigenvalue weighted by Crippen LogP contribution is 2.36. The quantitative estimate of drug-likeness (QED) is 0.484. The minimum atomic E-state index is -0.270. The molecule has 2 atom stereocenters. The molecule has 0 bridgehead atoms. The predicted molar refractivity (Wildman–Crippen MR) is 135 cm³/mol. The molecule has 9 heteroatoms. The van der Waals surface area contributed by atoms with E-state index in [1.165, 1.54) is 0 Å². The van der Waals surface area contributed by atoms with Crippen molar-refractivity contribution >= 4 is 45.6 Å². The number of morpholine rings is 1. The van der Waals surface area contributed by atoms with E-state index in [1.807, 2.05) is 13.8 Å². The summed E-state index contributed by atoms with van der Waals surface area (Å²) in [6, 6.07) is 8.94. The molecule has 0 radical (unpaired) electrons. The van der Waals surface area contributed by atoms with E-state index in [0.717, 1.165) is 45.7 Å². The fraction of sp³-hybridized carbons (Fsp3) is 0.375. The molecule has 33 heavy (non-hydrogen) atoms. The van der Waals surface area contributed by atoms with Crippen molar-refractivity contribution in [2.45, 2.75) is 46.4 Å². The van der Waals surface area contributed by atoms with Crippen LogP contribution in [-0.4, -0.2) is 41.2 Å². The largest absolute Gasteiger partial charge is 0.372 e. The van der Waals surface area contributed by atoms with Crippen molar-refractivity contribution in [1.82, 2.24) is 15.3 Å². The topological polar surface area (TPSA) is 67.3 Å². The summed E-state index contributed by atoms with van der Waals surface area (Å²) in [6.07, 6.45) is 0.253. The standard InChI is InChI=1S/C24H26Cl2N4O2S/c1-13-7-17(8-14(2)28-13)22-21(10-27-23(31)19-6-5-18(25)9-20(19)26)29-24(33-22)30-11-15(3)32-16(4)12-30/h5-9,15-16H,10-12H2,1-4H3,(H,27,31)/t15-,16+. The number of rotatable bonds is 5. The van der Waals surface area contributed by atoms with Gasteiger partial charge in [-0.15, -0.1) is 0 Å². The van der Waals surface area contributed by atoms with E-state index in [2.05, 4.69) is 41.2 Å². The first-order chi connectivity index (χ1) is 15.7. The van der Waals surface area contributed by atoms with Gasteiger partial charge in [0, 0.05) is 29.5 Å². The third-order valence-corrected chi connectivity index (χ3v) is 7.07. The van der Waals surface area contributed by atoms with Crippen LogP contribution < -0.4 is 10.2 Å². The zero-order valence-corrected chi connectivity index (χ0v) is 21.3. The van der Waals surface area contributed by atoms with Crippen molar-refractivity contribution < 1.29 is 9.53 Å². The van der Waals surface area contributed by atoms with Crippen molar-refractivity contribution in [2.24, 2.45) is 0 Å². The SMILES string of the molecule is Cc1cc(-c2sc(N3C[C@@H](C)O[C@@H](C)C3)nc2CNC(=O)c2ccc(Cl)cc2Cl)cc(C)n1. The van der Waals surface area contributed by atoms with Crippen LogP contribution in [0.25, 0.3) is 10.4 Å². The molecule has 0 spiro atoms. The van der Waals surface area contributed by atoms with Crippen LogP contribution >= 0.6 is 34.5 Å². The van der Waals surface area contributed by atoms with Gasteiger partial charge in [-0.25, -0.2) is 4.98 Å². The molecule has 0 saturated carbocycles. The summed E-state index contributed by atoms with van der Waals surface area (Å²) in [7, 11) is 0. The summed E-state index contributed by atoms with van der Waals surface area (Å²) in [4.78, 5) is 25.5. The molecule has 1 fully saturated rings. The minimum absolute atomic E-state index is 0.127. The maximum atomic E-state index is 12.8. The van der Waals surface area contributed by atoms with Gasteiger partial charge in [-0.1, -0.05) is 34.5 Å². The van der Waals surface area contributed by atoms with Gasteiger partial charge in [0.2, 0.25) is 0 Å². The lowest BCUT2D eigenvalue weighted by Crippen LogP contribution is -2.45. The van der Waals surface area contributed by atoms with Gasteiger partial charge in [-0.2, -0.15) is 0 Å². The molecule has 1 amide bonds. The van der Waals surface area contributed by atoms with Crippen molar-refractivity contribution in [2.75, 3.05) is 18.0 Å². The summed E-state index contributed by atoms with van der Waals surface area (Å²) in [5.74, 6) is -0.270. The number of amides is 1. The Labute approximate surface area is 207 Å². The van der Waals surface area contributed by atoms with Gasteiger partial charge >= 0.3 is 0 Å². The number of ether oxygens (including phenoxy) is 1. The monoisotopic (exact) mass is 504 g/mol. The number of pyridine rings is 1. The molecule has 6 nitrogen and oxygen atoms in total. The number of carbonyl (C=O) groups is 1. The highest BCUT2D eigenvalue weighted by molar-refractivity contribution is 7.19. The molecule has 174 valence electrons. The van der Waals surface area contributed by atoms with Crippen LogP contribution in [0.4, 0.5) is 5.13 Å². The van der Waals surface area contributed by atoms with Crippen molar-refractivity contribution in [3.63, 3.8) is 0 Å². The van der Waals surface area contributed by atoms with Gasteiger partial charge in [0.25, 0.3) is 5.91 Å². The van der Waals surface area contributed by atoms with Crippen LogP contribution in [0.5, 0.6) is 0 Å². The van der Waals surface area contributed by atoms with Crippen molar-refractivity contribution in [3.05, 3.63) is 63.0 Å². The van der Waals surface area contributed by atoms with Crippen LogP contribution in [0.2, 0.25) is 10.0 Å². The fourth-order valence-electron chi connectivity index (χ4n) is 4.05. The number of nitrogens with zero attached hydrogens (tertiary/aromatic N) is 3. The molecule has 1 aliphatic rings. The average Bonchev–Trinajstić information content (AvgIpc) is 3.15. The number of thiazole rings is 1. The number of anilines is 1. The molecule has 0 unspecified atom stereocenters. The molecule has 4 rings (SSSR count). The lowest BCUT2D eigenvalue weighted by Gasteiger charge is -2.35. The zero-order valence-electron chi connectivity index (χ0n) is 19.0. The molecule has 3 heterocycles. The summed E-state index contributed by atoms with van der Waals surface area (Å²) < 4.78 is 5.89. The first kappa shape index (κ1) is 24.0. The lowest BCUT2D eigenvalue weighted by atomic mass is 10.1. The Kier molecular flexibility index (Phi) is 7.24. The van der Waals surface area contributed by atoms with E-state index in [9.17, 15) is 4.79 Å². The molecule has 1 aromatic carbocycles. The Hall–Kier alpha value is -2.19. The summed E-state index contributed by atoms with van der Waals surface area (Å²) in [5, 5.41) is 4.69. The van der Waals surface area contributed by atoms with Gasteiger partial charge in [0.15, 0.2) is 5.13 Å².